The predicted molar refractivity (Wildman–Crippen MR) is 148 cm³/mol. The van der Waals surface area contributed by atoms with Crippen molar-refractivity contribution in [3.8, 4) is 17.0 Å². The molecule has 0 aliphatic carbocycles. The molecule has 6 heteroatoms. The SMILES string of the molecule is COc1cc(-c2cccc(Cl)c2)c2cc(C(O)(c3ccc4ccccc4c3)c3cncn3C)ccc2n1. The maximum absolute atomic E-state index is 12.6. The molecule has 6 aromatic rings. The second-order valence-electron chi connectivity index (χ2n) is 9.12. The van der Waals surface area contributed by atoms with Crippen LogP contribution in [0.25, 0.3) is 32.8 Å². The highest BCUT2D eigenvalue weighted by atomic mass is 35.5. The molecule has 0 saturated carbocycles. The third kappa shape index (κ3) is 3.93. The molecule has 4 aromatic carbocycles. The van der Waals surface area contributed by atoms with Crippen LogP contribution in [0.4, 0.5) is 0 Å². The van der Waals surface area contributed by atoms with Crippen LogP contribution in [0.15, 0.2) is 104 Å². The molecule has 0 amide bonds. The van der Waals surface area contributed by atoms with Gasteiger partial charge in [0, 0.05) is 23.5 Å². The summed E-state index contributed by atoms with van der Waals surface area (Å²) in [6, 6.07) is 29.6. The van der Waals surface area contributed by atoms with E-state index >= 15 is 0 Å². The van der Waals surface area contributed by atoms with E-state index in [0.717, 1.165) is 38.4 Å². The lowest BCUT2D eigenvalue weighted by Crippen LogP contribution is -2.31. The molecule has 6 rings (SSSR count). The number of halogens is 1. The summed E-state index contributed by atoms with van der Waals surface area (Å²) in [5, 5.41) is 16.3. The van der Waals surface area contributed by atoms with Gasteiger partial charge in [0.1, 0.15) is 0 Å². The number of fused-ring (bicyclic) bond motifs is 2. The average Bonchev–Trinajstić information content (AvgIpc) is 3.37. The Kier molecular flexibility index (Phi) is 5.67. The van der Waals surface area contributed by atoms with Gasteiger partial charge < -0.3 is 14.4 Å². The number of hydrogen-bond donors (Lipinski definition) is 1. The Morgan fingerprint density at radius 1 is 0.865 bits per heavy atom. The van der Waals surface area contributed by atoms with Gasteiger partial charge in [-0.05, 0) is 63.4 Å². The first-order valence-electron chi connectivity index (χ1n) is 11.9. The summed E-state index contributed by atoms with van der Waals surface area (Å²) in [5.41, 5.74) is 3.25. The van der Waals surface area contributed by atoms with Crippen molar-refractivity contribution < 1.29 is 9.84 Å². The maximum atomic E-state index is 12.6. The van der Waals surface area contributed by atoms with Crippen LogP contribution < -0.4 is 4.74 Å². The lowest BCUT2D eigenvalue weighted by Gasteiger charge is -2.30. The topological polar surface area (TPSA) is 60.2 Å². The van der Waals surface area contributed by atoms with E-state index in [-0.39, 0.29) is 0 Å². The van der Waals surface area contributed by atoms with Crippen LogP contribution in [0.2, 0.25) is 5.02 Å². The molecular formula is C31H24ClN3O2. The summed E-state index contributed by atoms with van der Waals surface area (Å²) >= 11 is 6.34. The molecule has 1 unspecified atom stereocenters. The quantitative estimate of drug-likeness (QED) is 0.282. The predicted octanol–water partition coefficient (Wildman–Crippen LogP) is 6.73. The van der Waals surface area contributed by atoms with Crippen molar-refractivity contribution in [2.75, 3.05) is 7.11 Å². The number of benzene rings is 4. The fourth-order valence-electron chi connectivity index (χ4n) is 5.01. The van der Waals surface area contributed by atoms with E-state index in [1.165, 1.54) is 0 Å². The third-order valence-corrected chi connectivity index (χ3v) is 7.14. The molecule has 0 fully saturated rings. The van der Waals surface area contributed by atoms with E-state index < -0.39 is 5.60 Å². The van der Waals surface area contributed by atoms with E-state index in [9.17, 15) is 5.11 Å². The molecule has 0 spiro atoms. The summed E-state index contributed by atoms with van der Waals surface area (Å²) in [6.45, 7) is 0. The summed E-state index contributed by atoms with van der Waals surface area (Å²) < 4.78 is 7.34. The summed E-state index contributed by atoms with van der Waals surface area (Å²) in [6.07, 6.45) is 3.41. The number of rotatable bonds is 5. The molecular weight excluding hydrogens is 482 g/mol. The first-order chi connectivity index (χ1) is 18.0. The highest BCUT2D eigenvalue weighted by Crippen LogP contribution is 2.41. The van der Waals surface area contributed by atoms with E-state index in [1.807, 2.05) is 90.5 Å². The van der Waals surface area contributed by atoms with Crippen molar-refractivity contribution in [3.05, 3.63) is 125 Å². The minimum atomic E-state index is -1.46. The zero-order valence-corrected chi connectivity index (χ0v) is 21.1. The Morgan fingerprint density at radius 3 is 2.41 bits per heavy atom. The number of aliphatic hydroxyl groups is 1. The minimum Gasteiger partial charge on any atom is -0.481 e. The Bertz CT molecular complexity index is 1780. The minimum absolute atomic E-state index is 0.506. The van der Waals surface area contributed by atoms with Gasteiger partial charge in [0.15, 0.2) is 5.60 Å². The zero-order chi connectivity index (χ0) is 25.6. The molecule has 2 heterocycles. The second kappa shape index (κ2) is 9.04. The van der Waals surface area contributed by atoms with Crippen LogP contribution in [-0.4, -0.2) is 26.8 Å². The van der Waals surface area contributed by atoms with Gasteiger partial charge in [0.25, 0.3) is 0 Å². The van der Waals surface area contributed by atoms with Crippen LogP contribution in [0.5, 0.6) is 5.88 Å². The number of aryl methyl sites for hydroxylation is 1. The van der Waals surface area contributed by atoms with Gasteiger partial charge >= 0.3 is 0 Å². The molecule has 0 aliphatic rings. The van der Waals surface area contributed by atoms with Crippen molar-refractivity contribution >= 4 is 33.3 Å². The first-order valence-corrected chi connectivity index (χ1v) is 12.3. The average molecular weight is 506 g/mol. The number of ether oxygens (including phenoxy) is 1. The monoisotopic (exact) mass is 505 g/mol. The van der Waals surface area contributed by atoms with E-state index in [4.69, 9.17) is 16.3 Å². The number of hydrogen-bond acceptors (Lipinski definition) is 4. The highest BCUT2D eigenvalue weighted by molar-refractivity contribution is 6.30. The molecule has 0 aliphatic heterocycles. The van der Waals surface area contributed by atoms with Crippen molar-refractivity contribution in [1.82, 2.24) is 14.5 Å². The number of methoxy groups -OCH3 is 1. The Morgan fingerprint density at radius 2 is 1.65 bits per heavy atom. The standard InChI is InChI=1S/C31H24ClN3O2/c1-35-19-33-18-29(35)31(36,23-11-10-20-6-3-4-7-21(20)14-23)24-12-13-28-27(16-24)26(17-30(34-28)37-2)22-8-5-9-25(32)15-22/h3-19,36H,1-2H3. The molecule has 5 nitrogen and oxygen atoms in total. The summed E-state index contributed by atoms with van der Waals surface area (Å²) in [5.74, 6) is 0.506. The fraction of sp³-hybridized carbons (Fsp3) is 0.0968. The van der Waals surface area contributed by atoms with Gasteiger partial charge in [0.2, 0.25) is 5.88 Å². The molecule has 0 bridgehead atoms. The van der Waals surface area contributed by atoms with Crippen LogP contribution in [0.1, 0.15) is 16.8 Å². The number of nitrogens with zero attached hydrogens (tertiary/aromatic N) is 3. The van der Waals surface area contributed by atoms with Crippen molar-refractivity contribution in [3.63, 3.8) is 0 Å². The molecule has 182 valence electrons. The lowest BCUT2D eigenvalue weighted by atomic mass is 9.82. The Balaban J connectivity index is 1.64. The number of aromatic nitrogens is 3. The van der Waals surface area contributed by atoms with Gasteiger partial charge in [-0.3, -0.25) is 0 Å². The lowest BCUT2D eigenvalue weighted by molar-refractivity contribution is 0.118. The number of pyridine rings is 1. The van der Waals surface area contributed by atoms with Gasteiger partial charge in [-0.2, -0.15) is 0 Å². The number of imidazole rings is 1. The fourth-order valence-corrected chi connectivity index (χ4v) is 5.20. The zero-order valence-electron chi connectivity index (χ0n) is 20.4. The Hall–Kier alpha value is -4.19. The molecule has 1 atom stereocenters. The summed E-state index contributed by atoms with van der Waals surface area (Å²) in [7, 11) is 3.49. The van der Waals surface area contributed by atoms with E-state index in [1.54, 1.807) is 19.6 Å². The van der Waals surface area contributed by atoms with Crippen LogP contribution in [0.3, 0.4) is 0 Å². The molecule has 37 heavy (non-hydrogen) atoms. The van der Waals surface area contributed by atoms with Gasteiger partial charge in [-0.15, -0.1) is 0 Å². The molecule has 0 radical (unpaired) electrons. The molecule has 2 aromatic heterocycles. The third-order valence-electron chi connectivity index (χ3n) is 6.90. The van der Waals surface area contributed by atoms with Crippen molar-refractivity contribution in [2.24, 2.45) is 7.05 Å². The van der Waals surface area contributed by atoms with Gasteiger partial charge in [0.05, 0.1) is 30.8 Å². The van der Waals surface area contributed by atoms with Crippen molar-refractivity contribution in [1.29, 1.82) is 0 Å². The van der Waals surface area contributed by atoms with E-state index in [2.05, 4.69) is 22.1 Å². The van der Waals surface area contributed by atoms with Crippen LogP contribution in [0, 0.1) is 0 Å². The van der Waals surface area contributed by atoms with Gasteiger partial charge in [-0.1, -0.05) is 66.2 Å². The maximum Gasteiger partial charge on any atom is 0.214 e. The second-order valence-corrected chi connectivity index (χ2v) is 9.55. The van der Waals surface area contributed by atoms with Crippen LogP contribution in [-0.2, 0) is 12.6 Å². The molecule has 1 N–H and O–H groups in total. The first kappa shape index (κ1) is 23.2. The normalized spacial score (nSPS) is 13.1. The van der Waals surface area contributed by atoms with Gasteiger partial charge in [-0.25, -0.2) is 9.97 Å². The molecule has 0 saturated heterocycles. The van der Waals surface area contributed by atoms with E-state index in [0.29, 0.717) is 22.2 Å². The van der Waals surface area contributed by atoms with Crippen molar-refractivity contribution in [2.45, 2.75) is 5.60 Å². The summed E-state index contributed by atoms with van der Waals surface area (Å²) in [4.78, 5) is 8.99. The Labute approximate surface area is 219 Å². The highest BCUT2D eigenvalue weighted by Gasteiger charge is 2.37. The van der Waals surface area contributed by atoms with Crippen LogP contribution >= 0.6 is 11.6 Å². The largest absolute Gasteiger partial charge is 0.481 e. The smallest absolute Gasteiger partial charge is 0.214 e.